The first-order chi connectivity index (χ1) is 13.4. The first kappa shape index (κ1) is 21.9. The third-order valence-electron chi connectivity index (χ3n) is 5.86. The van der Waals surface area contributed by atoms with Crippen molar-refractivity contribution < 1.29 is 14.0 Å². The minimum Gasteiger partial charge on any atom is -0.413 e. The molecule has 0 radical (unpaired) electrons. The molecule has 0 unspecified atom stereocenters. The van der Waals surface area contributed by atoms with Gasteiger partial charge in [-0.25, -0.2) is 4.68 Å². The third-order valence-corrected chi connectivity index (χ3v) is 11.0. The zero-order chi connectivity index (χ0) is 21.6. The van der Waals surface area contributed by atoms with Crippen LogP contribution >= 0.6 is 15.9 Å². The summed E-state index contributed by atoms with van der Waals surface area (Å²) in [5.41, 5.74) is 0.772. The standard InChI is InChI=1S/C20H27BrN4O3Si/c1-12(28-29(5,6)20(2,3)4)16-18(22-19(16)27)25-11-15(23-24-25)17(26)13-7-9-14(21)10-8-13/h7-12,16,18H,1-6H3,(H,22,27)/t12-,16-,18-/m1/s1. The summed E-state index contributed by atoms with van der Waals surface area (Å²) in [5, 5.41) is 11.0. The molecule has 1 fully saturated rings. The maximum absolute atomic E-state index is 12.6. The molecule has 156 valence electrons. The van der Waals surface area contributed by atoms with Gasteiger partial charge in [0.15, 0.2) is 14.0 Å². The van der Waals surface area contributed by atoms with Crippen LogP contribution in [0.3, 0.4) is 0 Å². The topological polar surface area (TPSA) is 86.1 Å². The van der Waals surface area contributed by atoms with E-state index in [9.17, 15) is 9.59 Å². The number of halogens is 1. The number of nitrogens with one attached hydrogen (secondary N) is 1. The van der Waals surface area contributed by atoms with Crippen molar-refractivity contribution in [2.75, 3.05) is 0 Å². The van der Waals surface area contributed by atoms with E-state index in [2.05, 4.69) is 65.4 Å². The average molecular weight is 479 g/mol. The molecule has 0 aliphatic carbocycles. The van der Waals surface area contributed by atoms with E-state index in [1.807, 2.05) is 6.92 Å². The summed E-state index contributed by atoms with van der Waals surface area (Å²) in [6.07, 6.45) is 0.950. The Hall–Kier alpha value is -1.84. The zero-order valence-electron chi connectivity index (χ0n) is 17.6. The van der Waals surface area contributed by atoms with Gasteiger partial charge >= 0.3 is 0 Å². The fraction of sp³-hybridized carbons (Fsp3) is 0.500. The molecule has 0 saturated carbocycles. The highest BCUT2D eigenvalue weighted by Gasteiger charge is 2.48. The van der Waals surface area contributed by atoms with Crippen LogP contribution in [0.2, 0.25) is 18.1 Å². The normalized spacial score (nSPS) is 20.7. The number of ketones is 1. The van der Waals surface area contributed by atoms with Crippen LogP contribution in [0.5, 0.6) is 0 Å². The number of carbonyl (C=O) groups excluding carboxylic acids is 2. The Balaban J connectivity index is 1.75. The maximum Gasteiger partial charge on any atom is 0.231 e. The first-order valence-electron chi connectivity index (χ1n) is 9.61. The van der Waals surface area contributed by atoms with E-state index < -0.39 is 8.32 Å². The second-order valence-electron chi connectivity index (χ2n) is 8.98. The van der Waals surface area contributed by atoms with E-state index in [1.165, 1.54) is 0 Å². The van der Waals surface area contributed by atoms with Gasteiger partial charge in [0.1, 0.15) is 12.1 Å². The molecular formula is C20H27BrN4O3Si. The molecule has 1 aliphatic heterocycles. The molecule has 0 spiro atoms. The van der Waals surface area contributed by atoms with E-state index in [-0.39, 0.29) is 40.6 Å². The Morgan fingerprint density at radius 1 is 1.28 bits per heavy atom. The molecule has 1 saturated heterocycles. The summed E-state index contributed by atoms with van der Waals surface area (Å²) in [5.74, 6) is -0.657. The zero-order valence-corrected chi connectivity index (χ0v) is 20.1. The fourth-order valence-corrected chi connectivity index (χ4v) is 4.75. The van der Waals surface area contributed by atoms with E-state index in [1.54, 1.807) is 35.1 Å². The van der Waals surface area contributed by atoms with Gasteiger partial charge in [0, 0.05) is 10.0 Å². The number of carbonyl (C=O) groups is 2. The number of amides is 1. The Morgan fingerprint density at radius 2 is 1.90 bits per heavy atom. The second-order valence-corrected chi connectivity index (χ2v) is 14.7. The highest BCUT2D eigenvalue weighted by Crippen LogP contribution is 2.40. The van der Waals surface area contributed by atoms with Crippen molar-refractivity contribution in [2.45, 2.75) is 58.1 Å². The van der Waals surface area contributed by atoms with Crippen LogP contribution in [0, 0.1) is 5.92 Å². The van der Waals surface area contributed by atoms with Crippen LogP contribution in [0.1, 0.15) is 49.9 Å². The van der Waals surface area contributed by atoms with Gasteiger partial charge in [-0.05, 0) is 49.3 Å². The van der Waals surface area contributed by atoms with Crippen molar-refractivity contribution in [3.05, 3.63) is 46.2 Å². The molecule has 7 nitrogen and oxygen atoms in total. The molecule has 0 bridgehead atoms. The predicted octanol–water partition coefficient (Wildman–Crippen LogP) is 3.93. The number of β-lactam (4-membered cyclic amide) rings is 1. The van der Waals surface area contributed by atoms with E-state index in [0.29, 0.717) is 5.56 Å². The lowest BCUT2D eigenvalue weighted by Gasteiger charge is -2.45. The highest BCUT2D eigenvalue weighted by atomic mass is 79.9. The molecule has 1 N–H and O–H groups in total. The predicted molar refractivity (Wildman–Crippen MR) is 116 cm³/mol. The van der Waals surface area contributed by atoms with Crippen LogP contribution in [-0.2, 0) is 9.22 Å². The maximum atomic E-state index is 12.6. The van der Waals surface area contributed by atoms with E-state index >= 15 is 0 Å². The largest absolute Gasteiger partial charge is 0.413 e. The molecule has 2 aromatic rings. The molecule has 3 rings (SSSR count). The molecule has 29 heavy (non-hydrogen) atoms. The molecule has 1 aliphatic rings. The van der Waals surface area contributed by atoms with Crippen molar-refractivity contribution in [3.63, 3.8) is 0 Å². The lowest BCUT2D eigenvalue weighted by Crippen LogP contribution is -2.60. The quantitative estimate of drug-likeness (QED) is 0.386. The SMILES string of the molecule is C[C@@H](O[Si](C)(C)C(C)(C)C)[C@H]1C(=O)N[C@@H]1n1cc(C(=O)c2ccc(Br)cc2)nn1. The van der Waals surface area contributed by atoms with Crippen LogP contribution in [0.15, 0.2) is 34.9 Å². The van der Waals surface area contributed by atoms with Gasteiger partial charge in [-0.1, -0.05) is 41.9 Å². The van der Waals surface area contributed by atoms with E-state index in [0.717, 1.165) is 4.47 Å². The number of aromatic nitrogens is 3. The van der Waals surface area contributed by atoms with E-state index in [4.69, 9.17) is 4.43 Å². The number of nitrogens with zero attached hydrogens (tertiary/aromatic N) is 3. The summed E-state index contributed by atoms with van der Waals surface area (Å²) in [7, 11) is -2.02. The van der Waals surface area contributed by atoms with Crippen LogP contribution < -0.4 is 5.32 Å². The molecule has 3 atom stereocenters. The lowest BCUT2D eigenvalue weighted by atomic mass is 9.92. The van der Waals surface area contributed by atoms with Gasteiger partial charge in [0.05, 0.1) is 12.3 Å². The minimum atomic E-state index is -2.02. The van der Waals surface area contributed by atoms with Crippen LogP contribution in [-0.4, -0.2) is 41.1 Å². The monoisotopic (exact) mass is 478 g/mol. The third kappa shape index (κ3) is 4.36. The Morgan fingerprint density at radius 3 is 2.45 bits per heavy atom. The molecule has 1 aromatic heterocycles. The Labute approximate surface area is 180 Å². The molecule has 2 heterocycles. The van der Waals surface area contributed by atoms with Crippen molar-refractivity contribution in [2.24, 2.45) is 5.92 Å². The molecular weight excluding hydrogens is 452 g/mol. The molecule has 1 aromatic carbocycles. The summed E-state index contributed by atoms with van der Waals surface area (Å²) < 4.78 is 8.85. The number of benzene rings is 1. The van der Waals surface area contributed by atoms with Crippen LogP contribution in [0.4, 0.5) is 0 Å². The van der Waals surface area contributed by atoms with Gasteiger partial charge in [-0.2, -0.15) is 0 Å². The van der Waals surface area contributed by atoms with Crippen molar-refractivity contribution in [1.29, 1.82) is 0 Å². The summed E-state index contributed by atoms with van der Waals surface area (Å²) >= 11 is 3.36. The molecule has 1 amide bonds. The Kier molecular flexibility index (Phi) is 5.86. The number of rotatable bonds is 6. The lowest BCUT2D eigenvalue weighted by molar-refractivity contribution is -0.144. The van der Waals surface area contributed by atoms with Gasteiger partial charge in [-0.15, -0.1) is 5.10 Å². The highest BCUT2D eigenvalue weighted by molar-refractivity contribution is 9.10. The van der Waals surface area contributed by atoms with Gasteiger partial charge in [0.2, 0.25) is 11.7 Å². The summed E-state index contributed by atoms with van der Waals surface area (Å²) in [6.45, 7) is 12.8. The van der Waals surface area contributed by atoms with Crippen molar-refractivity contribution >= 4 is 35.9 Å². The van der Waals surface area contributed by atoms with Crippen molar-refractivity contribution in [1.82, 2.24) is 20.3 Å². The smallest absolute Gasteiger partial charge is 0.231 e. The van der Waals surface area contributed by atoms with Gasteiger partial charge < -0.3 is 9.74 Å². The molecule has 9 heteroatoms. The summed E-state index contributed by atoms with van der Waals surface area (Å²) in [4.78, 5) is 24.9. The van der Waals surface area contributed by atoms with Gasteiger partial charge in [-0.3, -0.25) is 9.59 Å². The average Bonchev–Trinajstić information content (AvgIpc) is 3.07. The second kappa shape index (κ2) is 7.77. The van der Waals surface area contributed by atoms with Crippen molar-refractivity contribution in [3.8, 4) is 0 Å². The van der Waals surface area contributed by atoms with Gasteiger partial charge in [0.25, 0.3) is 0 Å². The minimum absolute atomic E-state index is 0.0501. The fourth-order valence-electron chi connectivity index (χ4n) is 3.06. The first-order valence-corrected chi connectivity index (χ1v) is 13.3. The summed E-state index contributed by atoms with van der Waals surface area (Å²) in [6, 6.07) is 7.07. The van der Waals surface area contributed by atoms with Crippen LogP contribution in [0.25, 0.3) is 0 Å². The number of hydrogen-bond donors (Lipinski definition) is 1. The number of hydrogen-bond acceptors (Lipinski definition) is 5. The Bertz CT molecular complexity index is 921.